The Hall–Kier alpha value is -2.78. The SMILES string of the molecule is Cc1cccc(OCc2c(C(F)F)cccc2N(C)N)n1.NNC=O. The summed E-state index contributed by atoms with van der Waals surface area (Å²) >= 11 is 0. The molecule has 0 saturated carbocycles. The number of anilines is 1. The molecule has 5 N–H and O–H groups in total. The van der Waals surface area contributed by atoms with Crippen LogP contribution >= 0.6 is 0 Å². The summed E-state index contributed by atoms with van der Waals surface area (Å²) in [6.45, 7) is 1.81. The normalized spacial score (nSPS) is 9.88. The van der Waals surface area contributed by atoms with Crippen LogP contribution in [0.5, 0.6) is 5.88 Å². The Bertz CT molecular complexity index is 657. The van der Waals surface area contributed by atoms with Gasteiger partial charge < -0.3 is 9.75 Å². The first kappa shape index (κ1) is 20.3. The molecule has 136 valence electrons. The Labute approximate surface area is 144 Å². The fourth-order valence-corrected chi connectivity index (χ4v) is 2.03. The quantitative estimate of drug-likeness (QED) is 0.317. The Kier molecular flexibility index (Phi) is 8.24. The van der Waals surface area contributed by atoms with E-state index in [1.54, 1.807) is 36.7 Å². The number of hydrogen-bond acceptors (Lipinski definition) is 6. The van der Waals surface area contributed by atoms with E-state index in [9.17, 15) is 8.78 Å². The topological polar surface area (TPSA) is 106 Å². The van der Waals surface area contributed by atoms with Gasteiger partial charge in [-0.05, 0) is 19.1 Å². The summed E-state index contributed by atoms with van der Waals surface area (Å²) < 4.78 is 31.8. The van der Waals surface area contributed by atoms with Gasteiger partial charge >= 0.3 is 0 Å². The van der Waals surface area contributed by atoms with Gasteiger partial charge in [-0.15, -0.1) is 0 Å². The zero-order chi connectivity index (χ0) is 18.8. The van der Waals surface area contributed by atoms with E-state index in [0.29, 0.717) is 23.5 Å². The number of nitrogens with two attached hydrogens (primary N) is 2. The molecule has 2 aromatic rings. The third-order valence-corrected chi connectivity index (χ3v) is 3.10. The van der Waals surface area contributed by atoms with Gasteiger partial charge in [0.2, 0.25) is 12.3 Å². The van der Waals surface area contributed by atoms with Gasteiger partial charge in [-0.2, -0.15) is 0 Å². The standard InChI is InChI=1S/C15H17F2N3O.CH4N2O/c1-10-5-3-8-14(19-10)21-9-12-11(15(16)17)6-4-7-13(12)20(2)18;2-3-1-4/h3-8,15H,9,18H2,1-2H3;1H,2H2,(H,3,4). The molecule has 1 aromatic heterocycles. The molecule has 0 bridgehead atoms. The van der Waals surface area contributed by atoms with Gasteiger partial charge in [0.15, 0.2) is 0 Å². The Morgan fingerprint density at radius 1 is 1.32 bits per heavy atom. The van der Waals surface area contributed by atoms with Crippen LogP contribution in [0.3, 0.4) is 0 Å². The highest BCUT2D eigenvalue weighted by Crippen LogP contribution is 2.30. The molecule has 7 nitrogen and oxygen atoms in total. The number of ether oxygens (including phenoxy) is 1. The maximum absolute atomic E-state index is 13.1. The van der Waals surface area contributed by atoms with Crippen molar-refractivity contribution >= 4 is 12.1 Å². The number of hydrogen-bond donors (Lipinski definition) is 3. The molecule has 0 aliphatic heterocycles. The second kappa shape index (κ2) is 10.2. The zero-order valence-corrected chi connectivity index (χ0v) is 13.9. The minimum atomic E-state index is -2.59. The van der Waals surface area contributed by atoms with Crippen LogP contribution < -0.4 is 26.9 Å². The smallest absolute Gasteiger partial charge is 0.264 e. The average molecular weight is 353 g/mol. The highest BCUT2D eigenvalue weighted by Gasteiger charge is 2.18. The summed E-state index contributed by atoms with van der Waals surface area (Å²) in [6.07, 6.45) is -2.19. The molecule has 1 amide bonds. The Morgan fingerprint density at radius 3 is 2.48 bits per heavy atom. The van der Waals surface area contributed by atoms with Crippen LogP contribution in [0, 0.1) is 6.92 Å². The molecule has 25 heavy (non-hydrogen) atoms. The fraction of sp³-hybridized carbons (Fsp3) is 0.250. The second-order valence-electron chi connectivity index (χ2n) is 4.95. The number of alkyl halides is 2. The van der Waals surface area contributed by atoms with E-state index < -0.39 is 6.43 Å². The molecule has 0 fully saturated rings. The van der Waals surface area contributed by atoms with E-state index in [4.69, 9.17) is 15.4 Å². The monoisotopic (exact) mass is 353 g/mol. The number of carbonyl (C=O) groups is 1. The number of carbonyl (C=O) groups excluding carboxylic acids is 1. The Morgan fingerprint density at radius 2 is 1.96 bits per heavy atom. The summed E-state index contributed by atoms with van der Waals surface area (Å²) in [5.74, 6) is 10.5. The number of benzene rings is 1. The molecular formula is C16H21F2N5O2. The lowest BCUT2D eigenvalue weighted by Crippen LogP contribution is -2.27. The zero-order valence-electron chi connectivity index (χ0n) is 13.9. The van der Waals surface area contributed by atoms with Crippen molar-refractivity contribution in [2.75, 3.05) is 12.1 Å². The first-order chi connectivity index (χ1) is 11.9. The van der Waals surface area contributed by atoms with Gasteiger partial charge in [-0.3, -0.25) is 10.2 Å². The lowest BCUT2D eigenvalue weighted by atomic mass is 10.1. The van der Waals surface area contributed by atoms with Crippen molar-refractivity contribution in [1.82, 2.24) is 10.4 Å². The van der Waals surface area contributed by atoms with Crippen LogP contribution in [0.4, 0.5) is 14.5 Å². The minimum absolute atomic E-state index is 0.0200. The summed E-state index contributed by atoms with van der Waals surface area (Å²) in [7, 11) is 1.60. The first-order valence-corrected chi connectivity index (χ1v) is 7.25. The molecule has 0 aliphatic rings. The van der Waals surface area contributed by atoms with Gasteiger partial charge in [-0.25, -0.2) is 25.5 Å². The highest BCUT2D eigenvalue weighted by atomic mass is 19.3. The van der Waals surface area contributed by atoms with Crippen LogP contribution in [0.25, 0.3) is 0 Å². The number of aryl methyl sites for hydroxylation is 1. The van der Waals surface area contributed by atoms with Crippen molar-refractivity contribution in [3.8, 4) is 5.88 Å². The molecule has 0 atom stereocenters. The Balaban J connectivity index is 0.000000705. The van der Waals surface area contributed by atoms with E-state index in [1.807, 2.05) is 13.0 Å². The highest BCUT2D eigenvalue weighted by molar-refractivity contribution is 5.55. The molecule has 0 aliphatic carbocycles. The van der Waals surface area contributed by atoms with Crippen molar-refractivity contribution in [2.24, 2.45) is 11.7 Å². The average Bonchev–Trinajstić information content (AvgIpc) is 2.59. The van der Waals surface area contributed by atoms with Crippen molar-refractivity contribution in [1.29, 1.82) is 0 Å². The van der Waals surface area contributed by atoms with E-state index in [0.717, 1.165) is 5.69 Å². The van der Waals surface area contributed by atoms with Gasteiger partial charge in [0, 0.05) is 29.9 Å². The summed E-state index contributed by atoms with van der Waals surface area (Å²) in [4.78, 5) is 13.1. The lowest BCUT2D eigenvalue weighted by molar-refractivity contribution is -0.109. The van der Waals surface area contributed by atoms with Crippen LogP contribution in [-0.2, 0) is 11.4 Å². The lowest BCUT2D eigenvalue weighted by Gasteiger charge is -2.20. The molecule has 2 rings (SSSR count). The van der Waals surface area contributed by atoms with Crippen LogP contribution in [0.15, 0.2) is 36.4 Å². The predicted octanol–water partition coefficient (Wildman–Crippen LogP) is 1.82. The van der Waals surface area contributed by atoms with Crippen molar-refractivity contribution < 1.29 is 18.3 Å². The minimum Gasteiger partial charge on any atom is -0.473 e. The number of amides is 1. The van der Waals surface area contributed by atoms with E-state index in [2.05, 4.69) is 10.8 Å². The van der Waals surface area contributed by atoms with E-state index in [1.165, 1.54) is 11.1 Å². The fourth-order valence-electron chi connectivity index (χ4n) is 2.03. The van der Waals surface area contributed by atoms with Crippen LogP contribution in [-0.4, -0.2) is 18.4 Å². The van der Waals surface area contributed by atoms with Crippen LogP contribution in [0.1, 0.15) is 23.2 Å². The summed E-state index contributed by atoms with van der Waals surface area (Å²) in [5, 5.41) is 1.30. The second-order valence-corrected chi connectivity index (χ2v) is 4.95. The molecule has 9 heteroatoms. The number of halogens is 2. The van der Waals surface area contributed by atoms with Gasteiger partial charge in [0.05, 0.1) is 5.69 Å². The largest absolute Gasteiger partial charge is 0.473 e. The third-order valence-electron chi connectivity index (χ3n) is 3.10. The number of hydrazine groups is 2. The van der Waals surface area contributed by atoms with Crippen molar-refractivity contribution in [3.63, 3.8) is 0 Å². The predicted molar refractivity (Wildman–Crippen MR) is 90.7 cm³/mol. The van der Waals surface area contributed by atoms with Gasteiger partial charge in [0.1, 0.15) is 6.61 Å². The number of nitrogens with one attached hydrogen (secondary N) is 1. The van der Waals surface area contributed by atoms with Gasteiger partial charge in [-0.1, -0.05) is 18.2 Å². The van der Waals surface area contributed by atoms with E-state index >= 15 is 0 Å². The third kappa shape index (κ3) is 6.32. The number of pyridine rings is 1. The van der Waals surface area contributed by atoms with Crippen molar-refractivity contribution in [2.45, 2.75) is 20.0 Å². The molecule has 0 saturated heterocycles. The molecular weight excluding hydrogens is 332 g/mol. The molecule has 1 heterocycles. The van der Waals surface area contributed by atoms with E-state index in [-0.39, 0.29) is 12.2 Å². The maximum atomic E-state index is 13.1. The molecule has 0 radical (unpaired) electrons. The van der Waals surface area contributed by atoms with Crippen LogP contribution in [0.2, 0.25) is 0 Å². The maximum Gasteiger partial charge on any atom is 0.264 e. The molecule has 1 aromatic carbocycles. The van der Waals surface area contributed by atoms with Crippen molar-refractivity contribution in [3.05, 3.63) is 53.2 Å². The summed E-state index contributed by atoms with van der Waals surface area (Å²) in [6, 6.07) is 9.92. The molecule has 0 unspecified atom stereocenters. The molecule has 0 spiro atoms. The number of aromatic nitrogens is 1. The first-order valence-electron chi connectivity index (χ1n) is 7.25. The van der Waals surface area contributed by atoms with Gasteiger partial charge in [0.25, 0.3) is 6.43 Å². The number of rotatable bonds is 6. The summed E-state index contributed by atoms with van der Waals surface area (Å²) in [5.41, 5.74) is 3.32. The number of nitrogens with zero attached hydrogens (tertiary/aromatic N) is 2.